The fourth-order valence-electron chi connectivity index (χ4n) is 3.33. The average molecular weight is 322 g/mol. The summed E-state index contributed by atoms with van der Waals surface area (Å²) in [6.07, 6.45) is 20.9. The molecule has 23 heavy (non-hydrogen) atoms. The molecule has 134 valence electrons. The molecule has 0 radical (unpaired) electrons. The highest BCUT2D eigenvalue weighted by Crippen LogP contribution is 2.15. The van der Waals surface area contributed by atoms with Gasteiger partial charge >= 0.3 is 0 Å². The van der Waals surface area contributed by atoms with Crippen molar-refractivity contribution in [3.63, 3.8) is 0 Å². The highest BCUT2D eigenvalue weighted by molar-refractivity contribution is 5.76. The zero-order chi connectivity index (χ0) is 16.8. The molecule has 1 saturated heterocycles. The summed E-state index contributed by atoms with van der Waals surface area (Å²) in [5.41, 5.74) is 0. The molecule has 1 rings (SSSR count). The molecule has 0 spiro atoms. The van der Waals surface area contributed by atoms with Crippen molar-refractivity contribution >= 4 is 5.91 Å². The van der Waals surface area contributed by atoms with Crippen LogP contribution in [0.1, 0.15) is 97.3 Å². The summed E-state index contributed by atoms with van der Waals surface area (Å²) in [6, 6.07) is 0. The minimum atomic E-state index is 0.388. The predicted molar refractivity (Wildman–Crippen MR) is 101 cm³/mol. The Balaban J connectivity index is 1.90. The summed E-state index contributed by atoms with van der Waals surface area (Å²) in [5, 5.41) is 0. The second-order valence-electron chi connectivity index (χ2n) is 7.30. The van der Waals surface area contributed by atoms with Crippen LogP contribution in [0.3, 0.4) is 0 Å². The molecule has 0 aromatic rings. The number of unbranched alkanes of at least 4 members (excludes halogenated alkanes) is 7. The number of allylic oxidation sites excluding steroid dienone is 2. The van der Waals surface area contributed by atoms with Crippen LogP contribution in [0.15, 0.2) is 12.2 Å². The molecule has 0 bridgehead atoms. The lowest BCUT2D eigenvalue weighted by molar-refractivity contribution is -0.130. The smallest absolute Gasteiger partial charge is 0.222 e. The molecule has 0 aromatic carbocycles. The number of nitrogens with zero attached hydrogens (tertiary/aromatic N) is 1. The summed E-state index contributed by atoms with van der Waals surface area (Å²) < 4.78 is 0. The molecule has 1 aliphatic heterocycles. The van der Waals surface area contributed by atoms with E-state index in [-0.39, 0.29) is 0 Å². The van der Waals surface area contributed by atoms with Gasteiger partial charge in [0, 0.05) is 19.5 Å². The van der Waals surface area contributed by atoms with Crippen molar-refractivity contribution in [1.82, 2.24) is 4.90 Å². The van der Waals surface area contributed by atoms with E-state index in [1.165, 1.54) is 70.6 Å². The molecule has 0 saturated carbocycles. The Morgan fingerprint density at radius 3 is 2.43 bits per heavy atom. The molecule has 1 unspecified atom stereocenters. The van der Waals surface area contributed by atoms with E-state index in [1.54, 1.807) is 0 Å². The summed E-state index contributed by atoms with van der Waals surface area (Å²) in [7, 11) is 0. The fourth-order valence-corrected chi connectivity index (χ4v) is 3.33. The number of carbonyl (C=O) groups is 1. The molecule has 0 N–H and O–H groups in total. The Morgan fingerprint density at radius 1 is 1.00 bits per heavy atom. The van der Waals surface area contributed by atoms with Crippen LogP contribution in [-0.2, 0) is 4.79 Å². The van der Waals surface area contributed by atoms with Crippen molar-refractivity contribution in [3.05, 3.63) is 12.2 Å². The predicted octanol–water partition coefficient (Wildman–Crippen LogP) is 6.11. The lowest BCUT2D eigenvalue weighted by Crippen LogP contribution is -2.27. The largest absolute Gasteiger partial charge is 0.343 e. The van der Waals surface area contributed by atoms with Crippen LogP contribution >= 0.6 is 0 Å². The molecular weight excluding hydrogens is 282 g/mol. The van der Waals surface area contributed by atoms with Gasteiger partial charge in [-0.05, 0) is 44.4 Å². The van der Waals surface area contributed by atoms with Crippen molar-refractivity contribution in [2.75, 3.05) is 13.1 Å². The lowest BCUT2D eigenvalue weighted by atomic mass is 10.0. The van der Waals surface area contributed by atoms with Crippen molar-refractivity contribution in [1.29, 1.82) is 0 Å². The third-order valence-corrected chi connectivity index (χ3v) is 4.95. The Hall–Kier alpha value is -0.790. The number of hydrogen-bond acceptors (Lipinski definition) is 1. The second-order valence-corrected chi connectivity index (χ2v) is 7.30. The maximum Gasteiger partial charge on any atom is 0.222 e. The highest BCUT2D eigenvalue weighted by Gasteiger charge is 2.16. The van der Waals surface area contributed by atoms with Gasteiger partial charge in [0.2, 0.25) is 5.91 Å². The molecule has 1 amide bonds. The first-order valence-corrected chi connectivity index (χ1v) is 10.2. The molecule has 2 nitrogen and oxygen atoms in total. The number of carbonyl (C=O) groups excluding carboxylic acids is 1. The second kappa shape index (κ2) is 13.6. The first-order chi connectivity index (χ1) is 11.2. The fraction of sp³-hybridized carbons (Fsp3) is 0.857. The minimum Gasteiger partial charge on any atom is -0.343 e. The van der Waals surface area contributed by atoms with E-state index in [0.29, 0.717) is 11.8 Å². The number of rotatable bonds is 13. The van der Waals surface area contributed by atoms with Crippen LogP contribution in [0.4, 0.5) is 0 Å². The van der Waals surface area contributed by atoms with Crippen LogP contribution in [0.25, 0.3) is 0 Å². The summed E-state index contributed by atoms with van der Waals surface area (Å²) in [4.78, 5) is 14.0. The summed E-state index contributed by atoms with van der Waals surface area (Å²) in [6.45, 7) is 6.59. The van der Waals surface area contributed by atoms with Gasteiger partial charge in [0.05, 0.1) is 0 Å². The van der Waals surface area contributed by atoms with Crippen LogP contribution in [0.5, 0.6) is 0 Å². The van der Waals surface area contributed by atoms with E-state index in [4.69, 9.17) is 0 Å². The summed E-state index contributed by atoms with van der Waals surface area (Å²) >= 11 is 0. The van der Waals surface area contributed by atoms with Crippen molar-refractivity contribution in [2.45, 2.75) is 97.3 Å². The van der Waals surface area contributed by atoms with Gasteiger partial charge in [-0.2, -0.15) is 0 Å². The van der Waals surface area contributed by atoms with Gasteiger partial charge in [-0.3, -0.25) is 4.79 Å². The third-order valence-electron chi connectivity index (χ3n) is 4.95. The first kappa shape index (κ1) is 20.3. The molecule has 0 aliphatic carbocycles. The zero-order valence-electron chi connectivity index (χ0n) is 15.7. The normalized spacial score (nSPS) is 16.3. The SMILES string of the molecule is CCCCCCC/C=C/C(C)CCCCCC(=O)N1CCCC1. The van der Waals surface area contributed by atoms with E-state index in [2.05, 4.69) is 26.0 Å². The van der Waals surface area contributed by atoms with Crippen LogP contribution in [0.2, 0.25) is 0 Å². The van der Waals surface area contributed by atoms with Crippen molar-refractivity contribution in [3.8, 4) is 0 Å². The van der Waals surface area contributed by atoms with E-state index < -0.39 is 0 Å². The maximum absolute atomic E-state index is 11.9. The molecule has 0 aromatic heterocycles. The molecular formula is C21H39NO. The van der Waals surface area contributed by atoms with Crippen LogP contribution in [0, 0.1) is 5.92 Å². The van der Waals surface area contributed by atoms with Crippen LogP contribution in [-0.4, -0.2) is 23.9 Å². The lowest BCUT2D eigenvalue weighted by Gasteiger charge is -2.14. The van der Waals surface area contributed by atoms with Crippen molar-refractivity contribution in [2.24, 2.45) is 5.92 Å². The maximum atomic E-state index is 11.9. The van der Waals surface area contributed by atoms with E-state index in [1.807, 2.05) is 4.90 Å². The molecule has 1 atom stereocenters. The molecule has 1 aliphatic rings. The van der Waals surface area contributed by atoms with Gasteiger partial charge in [0.1, 0.15) is 0 Å². The molecule has 1 fully saturated rings. The number of likely N-dealkylation sites (tertiary alicyclic amines) is 1. The summed E-state index contributed by atoms with van der Waals surface area (Å²) in [5.74, 6) is 1.08. The van der Waals surface area contributed by atoms with E-state index in [0.717, 1.165) is 25.9 Å². The monoisotopic (exact) mass is 321 g/mol. The number of amides is 1. The standard InChI is InChI=1S/C21H39NO/c1-3-4-5-6-7-8-10-15-20(2)16-11-9-12-17-21(23)22-18-13-14-19-22/h10,15,20H,3-9,11-14,16-19H2,1-2H3/b15-10+. The Morgan fingerprint density at radius 2 is 1.70 bits per heavy atom. The van der Waals surface area contributed by atoms with E-state index >= 15 is 0 Å². The topological polar surface area (TPSA) is 20.3 Å². The van der Waals surface area contributed by atoms with Gasteiger partial charge in [-0.25, -0.2) is 0 Å². The number of hydrogen-bond donors (Lipinski definition) is 0. The highest BCUT2D eigenvalue weighted by atomic mass is 16.2. The van der Waals surface area contributed by atoms with Gasteiger partial charge in [0.25, 0.3) is 0 Å². The Kier molecular flexibility index (Phi) is 12.0. The molecule has 1 heterocycles. The molecule has 2 heteroatoms. The Labute approximate surface area is 144 Å². The van der Waals surface area contributed by atoms with E-state index in [9.17, 15) is 4.79 Å². The zero-order valence-corrected chi connectivity index (χ0v) is 15.7. The van der Waals surface area contributed by atoms with Gasteiger partial charge < -0.3 is 4.90 Å². The quantitative estimate of drug-likeness (QED) is 0.296. The third kappa shape index (κ3) is 10.6. The minimum absolute atomic E-state index is 0.388. The van der Waals surface area contributed by atoms with Crippen molar-refractivity contribution < 1.29 is 4.79 Å². The van der Waals surface area contributed by atoms with Gasteiger partial charge in [0.15, 0.2) is 0 Å². The first-order valence-electron chi connectivity index (χ1n) is 10.2. The van der Waals surface area contributed by atoms with Gasteiger partial charge in [-0.15, -0.1) is 0 Å². The average Bonchev–Trinajstić information content (AvgIpc) is 3.08. The van der Waals surface area contributed by atoms with Crippen LogP contribution < -0.4 is 0 Å². The van der Waals surface area contributed by atoms with Gasteiger partial charge in [-0.1, -0.05) is 64.5 Å². The Bertz CT molecular complexity index is 318.